The summed E-state index contributed by atoms with van der Waals surface area (Å²) in [6.45, 7) is 3.76. The van der Waals surface area contributed by atoms with Gasteiger partial charge in [-0.1, -0.05) is 29.8 Å². The lowest BCUT2D eigenvalue weighted by molar-refractivity contribution is 0.102. The normalized spacial score (nSPS) is 9.90. The monoisotopic (exact) mass is 284 g/mol. The summed E-state index contributed by atoms with van der Waals surface area (Å²) >= 11 is 5.91. The molecule has 4 heteroatoms. The molecule has 0 aliphatic carbocycles. The highest BCUT2D eigenvalue weighted by Gasteiger charge is 2.14. The number of nitrogens with one attached hydrogen (secondary N) is 1. The van der Waals surface area contributed by atoms with E-state index >= 15 is 0 Å². The molecule has 0 saturated heterocycles. The quantitative estimate of drug-likeness (QED) is 0.903. The Morgan fingerprint density at radius 1 is 1.20 bits per heavy atom. The van der Waals surface area contributed by atoms with Crippen LogP contribution in [0.5, 0.6) is 0 Å². The summed E-state index contributed by atoms with van der Waals surface area (Å²) < 4.78 is 0. The minimum Gasteiger partial charge on any atom is -0.321 e. The van der Waals surface area contributed by atoms with E-state index in [1.807, 2.05) is 38.1 Å². The predicted molar refractivity (Wildman–Crippen MR) is 80.0 cm³/mol. The van der Waals surface area contributed by atoms with Gasteiger partial charge >= 0.3 is 0 Å². The molecule has 1 amide bonds. The van der Waals surface area contributed by atoms with E-state index in [-0.39, 0.29) is 5.91 Å². The van der Waals surface area contributed by atoms with Gasteiger partial charge in [-0.2, -0.15) is 5.26 Å². The van der Waals surface area contributed by atoms with Gasteiger partial charge < -0.3 is 5.32 Å². The Balaban J connectivity index is 2.38. The molecule has 0 aliphatic heterocycles. The molecular weight excluding hydrogens is 272 g/mol. The van der Waals surface area contributed by atoms with Crippen molar-refractivity contribution in [2.24, 2.45) is 0 Å². The predicted octanol–water partition coefficient (Wildman–Crippen LogP) is 4.08. The van der Waals surface area contributed by atoms with E-state index in [2.05, 4.69) is 5.32 Å². The van der Waals surface area contributed by atoms with Crippen molar-refractivity contribution in [1.82, 2.24) is 0 Å². The third-order valence-electron chi connectivity index (χ3n) is 3.06. The summed E-state index contributed by atoms with van der Waals surface area (Å²) in [6, 6.07) is 12.5. The molecule has 2 rings (SSSR count). The lowest BCUT2D eigenvalue weighted by Crippen LogP contribution is -2.15. The van der Waals surface area contributed by atoms with Crippen LogP contribution in [-0.2, 0) is 0 Å². The number of anilines is 1. The smallest absolute Gasteiger partial charge is 0.256 e. The molecule has 0 aromatic heterocycles. The number of carbonyl (C=O) groups is 1. The number of halogens is 1. The summed E-state index contributed by atoms with van der Waals surface area (Å²) in [7, 11) is 0. The summed E-state index contributed by atoms with van der Waals surface area (Å²) in [5, 5.41) is 12.3. The fourth-order valence-corrected chi connectivity index (χ4v) is 2.25. The number of carbonyl (C=O) groups excluding carboxylic acids is 1. The van der Waals surface area contributed by atoms with Crippen LogP contribution in [0.1, 0.15) is 27.0 Å². The van der Waals surface area contributed by atoms with Crippen molar-refractivity contribution in [1.29, 1.82) is 5.26 Å². The molecule has 0 bridgehead atoms. The Labute approximate surface area is 122 Å². The first kappa shape index (κ1) is 14.1. The zero-order valence-electron chi connectivity index (χ0n) is 11.2. The van der Waals surface area contributed by atoms with E-state index in [1.165, 1.54) is 0 Å². The molecule has 0 aliphatic rings. The molecule has 0 atom stereocenters. The van der Waals surface area contributed by atoms with E-state index in [9.17, 15) is 4.79 Å². The van der Waals surface area contributed by atoms with Crippen molar-refractivity contribution >= 4 is 23.2 Å². The molecule has 2 aromatic carbocycles. The van der Waals surface area contributed by atoms with Crippen molar-refractivity contribution in [2.75, 3.05) is 5.32 Å². The lowest BCUT2D eigenvalue weighted by Gasteiger charge is -2.11. The van der Waals surface area contributed by atoms with Gasteiger partial charge in [-0.3, -0.25) is 4.79 Å². The second-order valence-electron chi connectivity index (χ2n) is 4.52. The molecule has 100 valence electrons. The lowest BCUT2D eigenvalue weighted by atomic mass is 10.0. The van der Waals surface area contributed by atoms with Gasteiger partial charge in [0, 0.05) is 10.6 Å². The third-order valence-corrected chi connectivity index (χ3v) is 3.29. The van der Waals surface area contributed by atoms with Gasteiger partial charge in [-0.15, -0.1) is 0 Å². The standard InChI is InChI=1S/C16H13ClN2O/c1-10-4-3-5-11(2)15(10)16(20)19-14-8-13(17)7-6-12(14)9-18/h3-8H,1-2H3,(H,19,20). The van der Waals surface area contributed by atoms with Crippen LogP contribution in [0, 0.1) is 25.2 Å². The minimum absolute atomic E-state index is 0.237. The van der Waals surface area contributed by atoms with Crippen LogP contribution in [0.4, 0.5) is 5.69 Å². The van der Waals surface area contributed by atoms with Gasteiger partial charge in [-0.25, -0.2) is 0 Å². The molecule has 1 N–H and O–H groups in total. The molecule has 0 radical (unpaired) electrons. The fourth-order valence-electron chi connectivity index (χ4n) is 2.07. The van der Waals surface area contributed by atoms with Crippen LogP contribution in [0.3, 0.4) is 0 Å². The van der Waals surface area contributed by atoms with Gasteiger partial charge in [0.15, 0.2) is 0 Å². The number of aryl methyl sites for hydroxylation is 2. The number of amides is 1. The molecule has 0 unspecified atom stereocenters. The number of nitrogens with zero attached hydrogens (tertiary/aromatic N) is 1. The maximum absolute atomic E-state index is 12.4. The topological polar surface area (TPSA) is 52.9 Å². The van der Waals surface area contributed by atoms with E-state index in [1.54, 1.807) is 18.2 Å². The van der Waals surface area contributed by atoms with Crippen molar-refractivity contribution in [3.8, 4) is 6.07 Å². The van der Waals surface area contributed by atoms with Crippen LogP contribution >= 0.6 is 11.6 Å². The number of hydrogen-bond acceptors (Lipinski definition) is 2. The number of benzene rings is 2. The average Bonchev–Trinajstić information content (AvgIpc) is 2.38. The summed E-state index contributed by atoms with van der Waals surface area (Å²) in [5.41, 5.74) is 3.21. The molecule has 0 spiro atoms. The Bertz CT molecular complexity index is 697. The first-order valence-electron chi connectivity index (χ1n) is 6.10. The SMILES string of the molecule is Cc1cccc(C)c1C(=O)Nc1cc(Cl)ccc1C#N. The van der Waals surface area contributed by atoms with Gasteiger partial charge in [-0.05, 0) is 43.2 Å². The Morgan fingerprint density at radius 3 is 2.45 bits per heavy atom. The summed E-state index contributed by atoms with van der Waals surface area (Å²) in [5.74, 6) is -0.237. The van der Waals surface area contributed by atoms with Crippen LogP contribution in [-0.4, -0.2) is 5.91 Å². The van der Waals surface area contributed by atoms with Gasteiger partial charge in [0.1, 0.15) is 6.07 Å². The van der Waals surface area contributed by atoms with Crippen LogP contribution in [0.15, 0.2) is 36.4 Å². The molecule has 0 fully saturated rings. The zero-order valence-corrected chi connectivity index (χ0v) is 12.0. The van der Waals surface area contributed by atoms with Crippen molar-refractivity contribution < 1.29 is 4.79 Å². The number of hydrogen-bond donors (Lipinski definition) is 1. The number of rotatable bonds is 2. The Hall–Kier alpha value is -2.31. The van der Waals surface area contributed by atoms with Gasteiger partial charge in [0.05, 0.1) is 11.3 Å². The molecule has 20 heavy (non-hydrogen) atoms. The molecular formula is C16H13ClN2O. The third kappa shape index (κ3) is 2.81. The second kappa shape index (κ2) is 5.77. The summed E-state index contributed by atoms with van der Waals surface area (Å²) in [6.07, 6.45) is 0. The maximum atomic E-state index is 12.4. The van der Waals surface area contributed by atoms with Crippen LogP contribution in [0.2, 0.25) is 5.02 Å². The highest BCUT2D eigenvalue weighted by molar-refractivity contribution is 6.31. The first-order valence-corrected chi connectivity index (χ1v) is 6.48. The van der Waals surface area contributed by atoms with E-state index < -0.39 is 0 Å². The maximum Gasteiger partial charge on any atom is 0.256 e. The van der Waals surface area contributed by atoms with Crippen LogP contribution < -0.4 is 5.32 Å². The van der Waals surface area contributed by atoms with Crippen molar-refractivity contribution in [3.63, 3.8) is 0 Å². The van der Waals surface area contributed by atoms with Gasteiger partial charge in [0.2, 0.25) is 0 Å². The first-order chi connectivity index (χ1) is 9.52. The zero-order chi connectivity index (χ0) is 14.7. The van der Waals surface area contributed by atoms with Gasteiger partial charge in [0.25, 0.3) is 5.91 Å². The average molecular weight is 285 g/mol. The van der Waals surface area contributed by atoms with Crippen LogP contribution in [0.25, 0.3) is 0 Å². The molecule has 0 saturated carbocycles. The molecule has 3 nitrogen and oxygen atoms in total. The highest BCUT2D eigenvalue weighted by atomic mass is 35.5. The van der Waals surface area contributed by atoms with E-state index in [4.69, 9.17) is 16.9 Å². The van der Waals surface area contributed by atoms with Crippen molar-refractivity contribution in [2.45, 2.75) is 13.8 Å². The fraction of sp³-hybridized carbons (Fsp3) is 0.125. The minimum atomic E-state index is -0.237. The Kier molecular flexibility index (Phi) is 4.07. The molecule has 0 heterocycles. The number of nitriles is 1. The van der Waals surface area contributed by atoms with Crippen molar-refractivity contribution in [3.05, 3.63) is 63.7 Å². The second-order valence-corrected chi connectivity index (χ2v) is 4.96. The largest absolute Gasteiger partial charge is 0.321 e. The summed E-state index contributed by atoms with van der Waals surface area (Å²) in [4.78, 5) is 12.4. The Morgan fingerprint density at radius 2 is 1.85 bits per heavy atom. The molecule has 2 aromatic rings. The van der Waals surface area contributed by atoms with E-state index in [0.717, 1.165) is 11.1 Å². The van der Waals surface area contributed by atoms with E-state index in [0.29, 0.717) is 21.8 Å². The highest BCUT2D eigenvalue weighted by Crippen LogP contribution is 2.22.